The molecule has 2 aliphatic heterocycles. The van der Waals surface area contributed by atoms with Crippen molar-refractivity contribution in [3.63, 3.8) is 0 Å². The van der Waals surface area contributed by atoms with E-state index in [2.05, 4.69) is 4.90 Å². The van der Waals surface area contributed by atoms with E-state index in [0.29, 0.717) is 12.1 Å². The van der Waals surface area contributed by atoms with E-state index in [-0.39, 0.29) is 11.7 Å². The molecule has 6 nitrogen and oxygen atoms in total. The maximum Gasteiger partial charge on any atom is 0.254 e. The topological polar surface area (TPSA) is 69.0 Å². The van der Waals surface area contributed by atoms with Crippen LogP contribution in [0.3, 0.4) is 0 Å². The monoisotopic (exact) mass is 464 g/mol. The van der Waals surface area contributed by atoms with Gasteiger partial charge < -0.3 is 10.0 Å². The predicted octanol–water partition coefficient (Wildman–Crippen LogP) is 4.39. The van der Waals surface area contributed by atoms with Crippen LogP contribution < -0.4 is 0 Å². The van der Waals surface area contributed by atoms with Crippen molar-refractivity contribution in [1.82, 2.24) is 14.8 Å². The number of carbonyl (C=O) groups is 1. The highest BCUT2D eigenvalue weighted by Gasteiger charge is 2.34. The summed E-state index contributed by atoms with van der Waals surface area (Å²) >= 11 is 0. The van der Waals surface area contributed by atoms with Crippen molar-refractivity contribution in [2.45, 2.75) is 25.4 Å². The van der Waals surface area contributed by atoms with Gasteiger partial charge in [0.25, 0.3) is 5.91 Å². The van der Waals surface area contributed by atoms with Crippen molar-refractivity contribution >= 4 is 17.7 Å². The number of fused-ring (bicyclic) bond motifs is 1. The van der Waals surface area contributed by atoms with Gasteiger partial charge in [0.05, 0.1) is 29.2 Å². The third-order valence-electron chi connectivity index (χ3n) is 7.04. The summed E-state index contributed by atoms with van der Waals surface area (Å²) in [7, 11) is 0. The van der Waals surface area contributed by atoms with Gasteiger partial charge in [0.15, 0.2) is 0 Å². The molecule has 176 valence electrons. The van der Waals surface area contributed by atoms with Crippen molar-refractivity contribution < 1.29 is 9.90 Å². The second-order valence-corrected chi connectivity index (χ2v) is 9.43. The largest absolute Gasteiger partial charge is 0.508 e. The number of aromatic hydroxyl groups is 1. The SMILES string of the molecule is O=C(c1cc(-c2ccc(O)cc2)nc2c1C(/C=C/c1ccccc1)=NC2)N1CCN(C2CC2)CC1. The molecule has 0 bridgehead atoms. The summed E-state index contributed by atoms with van der Waals surface area (Å²) in [5, 5.41) is 9.71. The van der Waals surface area contributed by atoms with Crippen LogP contribution in [0, 0.1) is 0 Å². The van der Waals surface area contributed by atoms with Gasteiger partial charge in [0.2, 0.25) is 0 Å². The number of piperazine rings is 1. The van der Waals surface area contributed by atoms with Gasteiger partial charge in [0, 0.05) is 43.3 Å². The Labute approximate surface area is 205 Å². The Morgan fingerprint density at radius 1 is 0.943 bits per heavy atom. The molecule has 1 saturated carbocycles. The van der Waals surface area contributed by atoms with Crippen LogP contribution >= 0.6 is 0 Å². The lowest BCUT2D eigenvalue weighted by molar-refractivity contribution is 0.0627. The van der Waals surface area contributed by atoms with Gasteiger partial charge in [-0.2, -0.15) is 0 Å². The van der Waals surface area contributed by atoms with Crippen LogP contribution in [0.5, 0.6) is 5.75 Å². The van der Waals surface area contributed by atoms with Crippen LogP contribution in [0.25, 0.3) is 17.3 Å². The zero-order valence-corrected chi connectivity index (χ0v) is 19.6. The lowest BCUT2D eigenvalue weighted by Crippen LogP contribution is -2.49. The van der Waals surface area contributed by atoms with Gasteiger partial charge in [-0.15, -0.1) is 0 Å². The van der Waals surface area contributed by atoms with Gasteiger partial charge in [-0.3, -0.25) is 19.7 Å². The average Bonchev–Trinajstić information content (AvgIpc) is 3.68. The first-order valence-electron chi connectivity index (χ1n) is 12.3. The van der Waals surface area contributed by atoms with Crippen LogP contribution in [-0.2, 0) is 6.54 Å². The zero-order valence-electron chi connectivity index (χ0n) is 19.6. The minimum Gasteiger partial charge on any atom is -0.508 e. The number of aliphatic imine (C=N–C) groups is 1. The molecule has 3 heterocycles. The fraction of sp³-hybridized carbons (Fsp3) is 0.276. The normalized spacial score (nSPS) is 18.1. The number of carbonyl (C=O) groups excluding carboxylic acids is 1. The van der Waals surface area contributed by atoms with Crippen molar-refractivity contribution in [2.24, 2.45) is 4.99 Å². The first-order chi connectivity index (χ1) is 17.2. The Balaban J connectivity index is 1.35. The number of amides is 1. The van der Waals surface area contributed by atoms with E-state index in [0.717, 1.165) is 66.0 Å². The number of phenols is 1. The molecule has 0 spiro atoms. The molecule has 0 radical (unpaired) electrons. The minimum atomic E-state index is 0.0434. The number of allylic oxidation sites excluding steroid dienone is 1. The van der Waals surface area contributed by atoms with E-state index in [4.69, 9.17) is 9.98 Å². The molecule has 3 aliphatic rings. The van der Waals surface area contributed by atoms with E-state index in [1.807, 2.05) is 65.6 Å². The Hall–Kier alpha value is -3.77. The number of hydrogen-bond donors (Lipinski definition) is 1. The van der Waals surface area contributed by atoms with Crippen molar-refractivity contribution in [3.8, 4) is 17.0 Å². The van der Waals surface area contributed by atoms with Gasteiger partial charge in [-0.25, -0.2) is 0 Å². The highest BCUT2D eigenvalue weighted by molar-refractivity contribution is 6.18. The number of nitrogens with zero attached hydrogens (tertiary/aromatic N) is 4. The van der Waals surface area contributed by atoms with Gasteiger partial charge in [-0.1, -0.05) is 36.4 Å². The molecule has 1 aromatic heterocycles. The second kappa shape index (κ2) is 9.12. The van der Waals surface area contributed by atoms with Crippen LogP contribution in [0.15, 0.2) is 71.7 Å². The molecule has 1 amide bonds. The third-order valence-corrected chi connectivity index (χ3v) is 7.04. The smallest absolute Gasteiger partial charge is 0.254 e. The fourth-order valence-corrected chi connectivity index (χ4v) is 4.96. The molecule has 0 atom stereocenters. The molecule has 1 aliphatic carbocycles. The van der Waals surface area contributed by atoms with Crippen LogP contribution in [0.4, 0.5) is 0 Å². The van der Waals surface area contributed by atoms with Crippen molar-refractivity contribution in [1.29, 1.82) is 0 Å². The number of aromatic nitrogens is 1. The molecule has 0 unspecified atom stereocenters. The van der Waals surface area contributed by atoms with Gasteiger partial charge >= 0.3 is 0 Å². The Morgan fingerprint density at radius 3 is 2.40 bits per heavy atom. The highest BCUT2D eigenvalue weighted by atomic mass is 16.3. The molecule has 35 heavy (non-hydrogen) atoms. The fourth-order valence-electron chi connectivity index (χ4n) is 4.96. The minimum absolute atomic E-state index is 0.0434. The molecule has 6 heteroatoms. The van der Waals surface area contributed by atoms with E-state index in [1.165, 1.54) is 12.8 Å². The lowest BCUT2D eigenvalue weighted by atomic mass is 9.98. The molecule has 2 aromatic carbocycles. The number of hydrogen-bond acceptors (Lipinski definition) is 5. The van der Waals surface area contributed by atoms with Crippen molar-refractivity contribution in [3.05, 3.63) is 89.1 Å². The third kappa shape index (κ3) is 4.49. The van der Waals surface area contributed by atoms with Crippen LogP contribution in [-0.4, -0.2) is 63.7 Å². The van der Waals surface area contributed by atoms with Crippen molar-refractivity contribution in [2.75, 3.05) is 26.2 Å². The van der Waals surface area contributed by atoms with E-state index in [9.17, 15) is 9.90 Å². The average molecular weight is 465 g/mol. The molecule has 3 aromatic rings. The summed E-state index contributed by atoms with van der Waals surface area (Å²) in [5.41, 5.74) is 5.80. The number of pyridine rings is 1. The summed E-state index contributed by atoms with van der Waals surface area (Å²) in [6.45, 7) is 3.80. The summed E-state index contributed by atoms with van der Waals surface area (Å²) in [4.78, 5) is 28.0. The Morgan fingerprint density at radius 2 is 1.69 bits per heavy atom. The first-order valence-corrected chi connectivity index (χ1v) is 12.3. The number of phenolic OH excluding ortho intramolecular Hbond substituents is 1. The van der Waals surface area contributed by atoms with Crippen LogP contribution in [0.2, 0.25) is 0 Å². The van der Waals surface area contributed by atoms with E-state index >= 15 is 0 Å². The first kappa shape index (κ1) is 21.7. The summed E-state index contributed by atoms with van der Waals surface area (Å²) in [5.74, 6) is 0.248. The lowest BCUT2D eigenvalue weighted by Gasteiger charge is -2.35. The Bertz CT molecular complexity index is 1300. The summed E-state index contributed by atoms with van der Waals surface area (Å²) in [6.07, 6.45) is 6.60. The number of rotatable bonds is 5. The summed E-state index contributed by atoms with van der Waals surface area (Å²) < 4.78 is 0. The van der Waals surface area contributed by atoms with Crippen LogP contribution in [0.1, 0.15) is 40.0 Å². The maximum absolute atomic E-state index is 13.9. The summed E-state index contributed by atoms with van der Waals surface area (Å²) in [6, 6.07) is 19.7. The van der Waals surface area contributed by atoms with Gasteiger partial charge in [0.1, 0.15) is 5.75 Å². The van der Waals surface area contributed by atoms with E-state index in [1.54, 1.807) is 12.1 Å². The highest BCUT2D eigenvalue weighted by Crippen LogP contribution is 2.31. The zero-order chi connectivity index (χ0) is 23.8. The van der Waals surface area contributed by atoms with Gasteiger partial charge in [-0.05, 0) is 54.8 Å². The Kier molecular flexibility index (Phi) is 5.66. The van der Waals surface area contributed by atoms with E-state index < -0.39 is 0 Å². The maximum atomic E-state index is 13.9. The molecular weight excluding hydrogens is 436 g/mol. The quantitative estimate of drug-likeness (QED) is 0.608. The molecule has 6 rings (SSSR count). The standard InChI is InChI=1S/C29H28N4O2/c34-23-11-7-21(8-12-23)26-18-24(29(35)33-16-14-32(15-17-33)22-9-10-22)28-25(30-19-27(28)31-26)13-6-20-4-2-1-3-5-20/h1-8,11-13,18,22,34H,9-10,14-17,19H2/b13-6+. The number of benzene rings is 2. The second-order valence-electron chi connectivity index (χ2n) is 9.43. The molecule has 1 N–H and O–H groups in total. The molecule has 2 fully saturated rings. The molecular formula is C29H28N4O2. The molecule has 1 saturated heterocycles. The predicted molar refractivity (Wildman–Crippen MR) is 138 cm³/mol.